The van der Waals surface area contributed by atoms with Crippen LogP contribution in [0.3, 0.4) is 0 Å². The van der Waals surface area contributed by atoms with Crippen molar-refractivity contribution >= 4 is 35.2 Å². The summed E-state index contributed by atoms with van der Waals surface area (Å²) >= 11 is 7.46. The number of halogens is 1. The van der Waals surface area contributed by atoms with Gasteiger partial charge in [-0.25, -0.2) is 0 Å². The minimum absolute atomic E-state index is 0.0546. The molecule has 2 amide bonds. The molecule has 0 aromatic heterocycles. The molecular formula is C15H18ClN3O2S. The number of benzene rings is 1. The van der Waals surface area contributed by atoms with Crippen LogP contribution < -0.4 is 10.6 Å². The van der Waals surface area contributed by atoms with Gasteiger partial charge in [0.25, 0.3) is 5.91 Å². The van der Waals surface area contributed by atoms with Crippen LogP contribution in [0.2, 0.25) is 5.02 Å². The van der Waals surface area contributed by atoms with Crippen LogP contribution in [-0.2, 0) is 4.79 Å². The van der Waals surface area contributed by atoms with Crippen molar-refractivity contribution < 1.29 is 9.59 Å². The van der Waals surface area contributed by atoms with Gasteiger partial charge in [-0.05, 0) is 37.2 Å². The third-order valence-electron chi connectivity index (χ3n) is 3.94. The fraction of sp³-hybridized carbons (Fsp3) is 0.467. The van der Waals surface area contributed by atoms with E-state index in [9.17, 15) is 9.59 Å². The molecule has 2 unspecified atom stereocenters. The van der Waals surface area contributed by atoms with Crippen LogP contribution in [0.15, 0.2) is 24.3 Å². The Morgan fingerprint density at radius 2 is 2.09 bits per heavy atom. The molecule has 2 aliphatic heterocycles. The largest absolute Gasteiger partial charge is 0.350 e. The zero-order valence-electron chi connectivity index (χ0n) is 12.0. The minimum Gasteiger partial charge on any atom is -0.350 e. The fourth-order valence-electron chi connectivity index (χ4n) is 2.69. The molecule has 22 heavy (non-hydrogen) atoms. The van der Waals surface area contributed by atoms with Crippen molar-refractivity contribution in [3.8, 4) is 0 Å². The number of hydrogen-bond donors (Lipinski definition) is 2. The zero-order valence-corrected chi connectivity index (χ0v) is 13.6. The van der Waals surface area contributed by atoms with Gasteiger partial charge in [-0.3, -0.25) is 9.59 Å². The standard InChI is InChI=1S/C15H18ClN3O2S/c16-11-3-1-10(2-4-11)15(21)19-9-22-8-13(19)14(20)18-12-5-6-17-7-12/h1-4,12-13,17H,5-9H2,(H,18,20). The quantitative estimate of drug-likeness (QED) is 0.872. The molecule has 3 rings (SSSR count). The predicted molar refractivity (Wildman–Crippen MR) is 88.2 cm³/mol. The van der Waals surface area contributed by atoms with E-state index in [1.165, 1.54) is 0 Å². The molecule has 2 saturated heterocycles. The van der Waals surface area contributed by atoms with Gasteiger partial charge >= 0.3 is 0 Å². The topological polar surface area (TPSA) is 61.4 Å². The molecule has 0 aliphatic carbocycles. The summed E-state index contributed by atoms with van der Waals surface area (Å²) in [5, 5.41) is 6.85. The van der Waals surface area contributed by atoms with Gasteiger partial charge < -0.3 is 15.5 Å². The van der Waals surface area contributed by atoms with E-state index in [4.69, 9.17) is 11.6 Å². The summed E-state index contributed by atoms with van der Waals surface area (Å²) in [5.41, 5.74) is 0.562. The zero-order chi connectivity index (χ0) is 15.5. The number of carbonyl (C=O) groups is 2. The summed E-state index contributed by atoms with van der Waals surface area (Å²) in [5.74, 6) is 1.01. The normalized spacial score (nSPS) is 24.5. The maximum Gasteiger partial charge on any atom is 0.255 e. The monoisotopic (exact) mass is 339 g/mol. The van der Waals surface area contributed by atoms with Gasteiger partial charge in [-0.15, -0.1) is 11.8 Å². The van der Waals surface area contributed by atoms with E-state index in [0.29, 0.717) is 22.2 Å². The Hall–Kier alpha value is -1.24. The van der Waals surface area contributed by atoms with Crippen LogP contribution >= 0.6 is 23.4 Å². The Morgan fingerprint density at radius 3 is 2.77 bits per heavy atom. The predicted octanol–water partition coefficient (Wildman–Crippen LogP) is 1.33. The highest BCUT2D eigenvalue weighted by Crippen LogP contribution is 2.24. The van der Waals surface area contributed by atoms with Gasteiger partial charge in [0.15, 0.2) is 0 Å². The van der Waals surface area contributed by atoms with Crippen molar-refractivity contribution in [2.24, 2.45) is 0 Å². The Morgan fingerprint density at radius 1 is 1.32 bits per heavy atom. The van der Waals surface area contributed by atoms with E-state index >= 15 is 0 Å². The molecule has 2 fully saturated rings. The van der Waals surface area contributed by atoms with Crippen molar-refractivity contribution in [2.75, 3.05) is 24.7 Å². The van der Waals surface area contributed by atoms with Crippen LogP contribution in [-0.4, -0.2) is 53.5 Å². The first-order valence-electron chi connectivity index (χ1n) is 7.30. The van der Waals surface area contributed by atoms with Crippen molar-refractivity contribution in [1.82, 2.24) is 15.5 Å². The lowest BCUT2D eigenvalue weighted by molar-refractivity contribution is -0.125. The average molecular weight is 340 g/mol. The summed E-state index contributed by atoms with van der Waals surface area (Å²) in [6, 6.07) is 6.56. The maximum absolute atomic E-state index is 12.6. The van der Waals surface area contributed by atoms with Crippen molar-refractivity contribution in [1.29, 1.82) is 0 Å². The first-order chi connectivity index (χ1) is 10.6. The Bertz CT molecular complexity index is 560. The minimum atomic E-state index is -0.395. The highest BCUT2D eigenvalue weighted by molar-refractivity contribution is 7.99. The lowest BCUT2D eigenvalue weighted by atomic mass is 10.1. The number of rotatable bonds is 3. The van der Waals surface area contributed by atoms with Crippen LogP contribution in [0, 0.1) is 0 Å². The van der Waals surface area contributed by atoms with Crippen LogP contribution in [0.25, 0.3) is 0 Å². The SMILES string of the molecule is O=C(NC1CCNC1)C1CSCN1C(=O)c1ccc(Cl)cc1. The van der Waals surface area contributed by atoms with Gasteiger partial charge in [0, 0.05) is 28.9 Å². The molecule has 0 bridgehead atoms. The smallest absolute Gasteiger partial charge is 0.255 e. The number of hydrogen-bond acceptors (Lipinski definition) is 4. The van der Waals surface area contributed by atoms with E-state index in [1.54, 1.807) is 40.9 Å². The highest BCUT2D eigenvalue weighted by atomic mass is 35.5. The molecule has 2 atom stereocenters. The highest BCUT2D eigenvalue weighted by Gasteiger charge is 2.36. The van der Waals surface area contributed by atoms with Crippen molar-refractivity contribution in [3.05, 3.63) is 34.9 Å². The Labute approximate surface area is 138 Å². The van der Waals surface area contributed by atoms with E-state index in [0.717, 1.165) is 19.5 Å². The molecule has 118 valence electrons. The third kappa shape index (κ3) is 3.39. The Kier molecular flexibility index (Phi) is 4.90. The van der Waals surface area contributed by atoms with Gasteiger partial charge in [0.05, 0.1) is 5.88 Å². The lowest BCUT2D eigenvalue weighted by Gasteiger charge is -2.24. The third-order valence-corrected chi connectivity index (χ3v) is 5.21. The number of thioether (sulfide) groups is 1. The molecular weight excluding hydrogens is 322 g/mol. The van der Waals surface area contributed by atoms with Gasteiger partial charge in [-0.1, -0.05) is 11.6 Å². The molecule has 5 nitrogen and oxygen atoms in total. The molecule has 7 heteroatoms. The van der Waals surface area contributed by atoms with Crippen molar-refractivity contribution in [3.63, 3.8) is 0 Å². The molecule has 2 aliphatic rings. The molecule has 2 heterocycles. The van der Waals surface area contributed by atoms with E-state index in [-0.39, 0.29) is 17.9 Å². The Balaban J connectivity index is 1.67. The number of nitrogens with zero attached hydrogens (tertiary/aromatic N) is 1. The molecule has 2 N–H and O–H groups in total. The van der Waals surface area contributed by atoms with E-state index < -0.39 is 6.04 Å². The van der Waals surface area contributed by atoms with Crippen LogP contribution in [0.5, 0.6) is 0 Å². The van der Waals surface area contributed by atoms with Gasteiger partial charge in [-0.2, -0.15) is 0 Å². The second kappa shape index (κ2) is 6.89. The molecule has 1 aromatic rings. The lowest BCUT2D eigenvalue weighted by Crippen LogP contribution is -2.50. The second-order valence-corrected chi connectivity index (χ2v) is 6.93. The first kappa shape index (κ1) is 15.6. The molecule has 0 radical (unpaired) electrons. The summed E-state index contributed by atoms with van der Waals surface area (Å²) in [7, 11) is 0. The maximum atomic E-state index is 12.6. The van der Waals surface area contributed by atoms with Gasteiger partial charge in [0.1, 0.15) is 6.04 Å². The molecule has 1 aromatic carbocycles. The number of carbonyl (C=O) groups excluding carboxylic acids is 2. The summed E-state index contributed by atoms with van der Waals surface area (Å²) < 4.78 is 0. The number of nitrogens with one attached hydrogen (secondary N) is 2. The summed E-state index contributed by atoms with van der Waals surface area (Å²) in [4.78, 5) is 26.7. The van der Waals surface area contributed by atoms with E-state index in [2.05, 4.69) is 10.6 Å². The molecule has 0 saturated carbocycles. The summed E-state index contributed by atoms with van der Waals surface area (Å²) in [6.07, 6.45) is 0.941. The van der Waals surface area contributed by atoms with Crippen molar-refractivity contribution in [2.45, 2.75) is 18.5 Å². The molecule has 0 spiro atoms. The summed E-state index contributed by atoms with van der Waals surface area (Å²) in [6.45, 7) is 1.73. The first-order valence-corrected chi connectivity index (χ1v) is 8.84. The fourth-order valence-corrected chi connectivity index (χ4v) is 3.97. The average Bonchev–Trinajstić information content (AvgIpc) is 3.18. The van der Waals surface area contributed by atoms with Gasteiger partial charge in [0.2, 0.25) is 5.91 Å². The van der Waals surface area contributed by atoms with E-state index in [1.807, 2.05) is 0 Å². The second-order valence-electron chi connectivity index (χ2n) is 5.50. The number of amides is 2. The van der Waals surface area contributed by atoms with Crippen LogP contribution in [0.4, 0.5) is 0 Å². The van der Waals surface area contributed by atoms with Crippen LogP contribution in [0.1, 0.15) is 16.8 Å².